The van der Waals surface area contributed by atoms with Crippen LogP contribution in [-0.2, 0) is 20.9 Å². The second-order valence-electron chi connectivity index (χ2n) is 6.06. The highest BCUT2D eigenvalue weighted by molar-refractivity contribution is 5.90. The maximum Gasteiger partial charge on any atom is 0.310 e. The van der Waals surface area contributed by atoms with Gasteiger partial charge < -0.3 is 14.7 Å². The molecule has 1 spiro atoms. The van der Waals surface area contributed by atoms with Crippen molar-refractivity contribution in [1.29, 1.82) is 0 Å². The molecule has 2 saturated heterocycles. The van der Waals surface area contributed by atoms with Crippen LogP contribution in [0, 0.1) is 17.7 Å². The van der Waals surface area contributed by atoms with Crippen molar-refractivity contribution in [3.8, 4) is 0 Å². The van der Waals surface area contributed by atoms with Crippen LogP contribution in [0.3, 0.4) is 0 Å². The van der Waals surface area contributed by atoms with E-state index in [2.05, 4.69) is 0 Å². The van der Waals surface area contributed by atoms with E-state index in [1.165, 1.54) is 12.1 Å². The number of benzene rings is 1. The van der Waals surface area contributed by atoms with E-state index in [0.717, 1.165) is 5.56 Å². The highest BCUT2D eigenvalue weighted by atomic mass is 19.1. The smallest absolute Gasteiger partial charge is 0.310 e. The van der Waals surface area contributed by atoms with Crippen molar-refractivity contribution in [3.05, 3.63) is 47.8 Å². The fourth-order valence-electron chi connectivity index (χ4n) is 3.80. The van der Waals surface area contributed by atoms with Gasteiger partial charge >= 0.3 is 5.97 Å². The third-order valence-corrected chi connectivity index (χ3v) is 4.75. The summed E-state index contributed by atoms with van der Waals surface area (Å²) in [4.78, 5) is 25.7. The summed E-state index contributed by atoms with van der Waals surface area (Å²) in [6, 6.07) is 5.93. The molecule has 1 aromatic rings. The van der Waals surface area contributed by atoms with Crippen LogP contribution < -0.4 is 0 Å². The summed E-state index contributed by atoms with van der Waals surface area (Å²) in [6.45, 7) is 0.663. The second-order valence-corrected chi connectivity index (χ2v) is 6.06. The quantitative estimate of drug-likeness (QED) is 0.852. The van der Waals surface area contributed by atoms with Crippen LogP contribution in [0.4, 0.5) is 4.39 Å². The molecular weight excluding hydrogens is 289 g/mol. The van der Waals surface area contributed by atoms with Crippen LogP contribution in [0.2, 0.25) is 0 Å². The van der Waals surface area contributed by atoms with Crippen molar-refractivity contribution in [2.45, 2.75) is 18.2 Å². The molecule has 2 bridgehead atoms. The standard InChI is InChI=1S/C16H14FNO4/c17-10-3-1-9(2-4-10)7-18-8-16-6-5-11(22-16)12(15(20)21)13(16)14(18)19/h1-6,11-13H,7-8H2,(H,20,21)/t11-,12+,13+,16+/m1/s1. The number of carbonyl (C=O) groups excluding carboxylic acids is 1. The molecule has 3 aliphatic heterocycles. The van der Waals surface area contributed by atoms with E-state index in [1.807, 2.05) is 6.08 Å². The number of carbonyl (C=O) groups is 2. The number of carboxylic acids is 1. The van der Waals surface area contributed by atoms with Gasteiger partial charge in [-0.2, -0.15) is 0 Å². The maximum atomic E-state index is 13.0. The van der Waals surface area contributed by atoms with Crippen molar-refractivity contribution < 1.29 is 23.8 Å². The highest BCUT2D eigenvalue weighted by Crippen LogP contribution is 2.52. The number of halogens is 1. The fraction of sp³-hybridized carbons (Fsp3) is 0.375. The Bertz CT molecular complexity index is 686. The summed E-state index contributed by atoms with van der Waals surface area (Å²) in [5, 5.41) is 9.38. The number of hydrogen-bond donors (Lipinski definition) is 1. The molecule has 0 aromatic heterocycles. The summed E-state index contributed by atoms with van der Waals surface area (Å²) < 4.78 is 18.8. The Morgan fingerprint density at radius 2 is 2.14 bits per heavy atom. The number of amides is 1. The lowest BCUT2D eigenvalue weighted by Gasteiger charge is -2.21. The monoisotopic (exact) mass is 303 g/mol. The Morgan fingerprint density at radius 3 is 2.82 bits per heavy atom. The third-order valence-electron chi connectivity index (χ3n) is 4.75. The Kier molecular flexibility index (Phi) is 2.69. The minimum Gasteiger partial charge on any atom is -0.481 e. The fourth-order valence-corrected chi connectivity index (χ4v) is 3.80. The van der Waals surface area contributed by atoms with E-state index in [1.54, 1.807) is 23.1 Å². The normalized spacial score (nSPS) is 35.2. The van der Waals surface area contributed by atoms with Gasteiger partial charge in [-0.05, 0) is 17.7 Å². The molecule has 1 aromatic carbocycles. The summed E-state index contributed by atoms with van der Waals surface area (Å²) in [5.74, 6) is -3.03. The zero-order chi connectivity index (χ0) is 15.5. The Balaban J connectivity index is 1.61. The van der Waals surface area contributed by atoms with Gasteiger partial charge in [0.25, 0.3) is 0 Å². The van der Waals surface area contributed by atoms with Gasteiger partial charge in [0.1, 0.15) is 17.3 Å². The van der Waals surface area contributed by atoms with Crippen molar-refractivity contribution in [2.75, 3.05) is 6.54 Å². The number of carboxylic acid groups (broad SMARTS) is 1. The number of nitrogens with zero attached hydrogens (tertiary/aromatic N) is 1. The molecule has 6 heteroatoms. The van der Waals surface area contributed by atoms with E-state index in [4.69, 9.17) is 4.74 Å². The molecule has 4 atom stereocenters. The van der Waals surface area contributed by atoms with Crippen LogP contribution in [0.25, 0.3) is 0 Å². The predicted molar refractivity (Wildman–Crippen MR) is 73.2 cm³/mol. The number of aliphatic carboxylic acids is 1. The Morgan fingerprint density at radius 1 is 1.41 bits per heavy atom. The van der Waals surface area contributed by atoms with Gasteiger partial charge in [-0.1, -0.05) is 24.3 Å². The Labute approximate surface area is 126 Å². The first-order chi connectivity index (χ1) is 10.5. The molecular formula is C16H14FNO4. The highest BCUT2D eigenvalue weighted by Gasteiger charge is 2.66. The zero-order valence-electron chi connectivity index (χ0n) is 11.6. The van der Waals surface area contributed by atoms with Crippen molar-refractivity contribution in [1.82, 2.24) is 4.90 Å². The average Bonchev–Trinajstić information content (AvgIpc) is 3.10. The van der Waals surface area contributed by atoms with Crippen molar-refractivity contribution in [2.24, 2.45) is 11.8 Å². The lowest BCUT2D eigenvalue weighted by Crippen LogP contribution is -2.39. The van der Waals surface area contributed by atoms with Crippen LogP contribution in [0.1, 0.15) is 5.56 Å². The molecule has 2 fully saturated rings. The molecule has 0 radical (unpaired) electrons. The molecule has 0 unspecified atom stereocenters. The van der Waals surface area contributed by atoms with Crippen LogP contribution >= 0.6 is 0 Å². The van der Waals surface area contributed by atoms with Crippen molar-refractivity contribution in [3.63, 3.8) is 0 Å². The van der Waals surface area contributed by atoms with Crippen molar-refractivity contribution >= 4 is 11.9 Å². The number of ether oxygens (including phenoxy) is 1. The van der Waals surface area contributed by atoms with Gasteiger partial charge in [0.2, 0.25) is 5.91 Å². The molecule has 3 aliphatic rings. The minimum atomic E-state index is -1.00. The first-order valence-electron chi connectivity index (χ1n) is 7.13. The van der Waals surface area contributed by atoms with Gasteiger partial charge in [-0.25, -0.2) is 4.39 Å². The van der Waals surface area contributed by atoms with E-state index in [-0.39, 0.29) is 11.7 Å². The minimum absolute atomic E-state index is 0.205. The average molecular weight is 303 g/mol. The zero-order valence-corrected chi connectivity index (χ0v) is 11.6. The first kappa shape index (κ1) is 13.5. The molecule has 3 heterocycles. The van der Waals surface area contributed by atoms with E-state index in [9.17, 15) is 19.1 Å². The van der Waals surface area contributed by atoms with E-state index >= 15 is 0 Å². The van der Waals surface area contributed by atoms with Gasteiger partial charge in [-0.15, -0.1) is 0 Å². The second kappa shape index (κ2) is 4.39. The summed E-state index contributed by atoms with van der Waals surface area (Å²) in [5.41, 5.74) is -0.0123. The maximum absolute atomic E-state index is 13.0. The van der Waals surface area contributed by atoms with Crippen LogP contribution in [-0.4, -0.2) is 40.1 Å². The topological polar surface area (TPSA) is 66.8 Å². The third kappa shape index (κ3) is 1.73. The van der Waals surface area contributed by atoms with Gasteiger partial charge in [0, 0.05) is 6.54 Å². The molecule has 114 valence electrons. The molecule has 5 nitrogen and oxygen atoms in total. The summed E-state index contributed by atoms with van der Waals surface area (Å²) in [7, 11) is 0. The lowest BCUT2D eigenvalue weighted by atomic mass is 9.77. The van der Waals surface area contributed by atoms with Crippen LogP contribution in [0.5, 0.6) is 0 Å². The lowest BCUT2D eigenvalue weighted by molar-refractivity contribution is -0.148. The molecule has 0 aliphatic carbocycles. The SMILES string of the molecule is O=C(O)[C@@H]1[C@H]2C(=O)N(Cc3ccc(F)cc3)C[C@@]23C=C[C@H]1O3. The van der Waals surface area contributed by atoms with E-state index in [0.29, 0.717) is 13.1 Å². The number of likely N-dealkylation sites (tertiary alicyclic amines) is 1. The molecule has 1 amide bonds. The van der Waals surface area contributed by atoms with Crippen LogP contribution in [0.15, 0.2) is 36.4 Å². The molecule has 0 saturated carbocycles. The first-order valence-corrected chi connectivity index (χ1v) is 7.13. The largest absolute Gasteiger partial charge is 0.481 e. The van der Waals surface area contributed by atoms with Gasteiger partial charge in [0.05, 0.1) is 18.6 Å². The predicted octanol–water partition coefficient (Wildman–Crippen LogP) is 1.19. The summed E-state index contributed by atoms with van der Waals surface area (Å²) >= 11 is 0. The van der Waals surface area contributed by atoms with Gasteiger partial charge in [0.15, 0.2) is 0 Å². The Hall–Kier alpha value is -2.21. The number of rotatable bonds is 3. The number of hydrogen-bond acceptors (Lipinski definition) is 3. The van der Waals surface area contributed by atoms with E-state index < -0.39 is 29.5 Å². The molecule has 22 heavy (non-hydrogen) atoms. The summed E-state index contributed by atoms with van der Waals surface area (Å²) in [6.07, 6.45) is 3.05. The molecule has 4 rings (SSSR count). The number of fused-ring (bicyclic) bond motifs is 1. The van der Waals surface area contributed by atoms with Gasteiger partial charge in [-0.3, -0.25) is 9.59 Å². The molecule has 1 N–H and O–H groups in total.